The third-order valence-corrected chi connectivity index (χ3v) is 10.2. The van der Waals surface area contributed by atoms with Gasteiger partial charge in [0.25, 0.3) is 30.2 Å². The fourth-order valence-electron chi connectivity index (χ4n) is 5.99. The third-order valence-electron chi connectivity index (χ3n) is 8.62. The molecule has 0 aliphatic carbocycles. The molecule has 24 heteroatoms. The first kappa shape index (κ1) is 46.8. The lowest BCUT2D eigenvalue weighted by Gasteiger charge is -2.35. The highest BCUT2D eigenvalue weighted by molar-refractivity contribution is 7.89. The molecule has 2 aromatic carbocycles. The van der Waals surface area contributed by atoms with Crippen molar-refractivity contribution in [2.75, 3.05) is 87.5 Å². The number of nitrogens with two attached hydrogens (primary N) is 2. The van der Waals surface area contributed by atoms with Crippen molar-refractivity contribution in [2.45, 2.75) is 38.6 Å². The van der Waals surface area contributed by atoms with Gasteiger partial charge in [-0.25, -0.2) is 26.4 Å². The molecule has 2 aromatic rings. The smallest absolute Gasteiger partial charge is 0.414 e. The van der Waals surface area contributed by atoms with E-state index in [1.807, 2.05) is 13.8 Å². The van der Waals surface area contributed by atoms with Gasteiger partial charge in [0.2, 0.25) is 0 Å². The van der Waals surface area contributed by atoms with Gasteiger partial charge in [0.05, 0.1) is 44.4 Å². The molecule has 3 saturated heterocycles. The Morgan fingerprint density at radius 2 is 1.15 bits per heavy atom. The fraction of sp³-hybridized carbons (Fsp3) is 0.514. The summed E-state index contributed by atoms with van der Waals surface area (Å²) in [4.78, 5) is 43.4. The van der Waals surface area contributed by atoms with Gasteiger partial charge in [-0.05, 0) is 62.4 Å². The number of hydrogen-bond acceptors (Lipinski definition) is 15. The van der Waals surface area contributed by atoms with E-state index in [0.717, 1.165) is 44.9 Å². The number of sulfonamides is 2. The highest BCUT2D eigenvalue weighted by Crippen LogP contribution is 2.24. The van der Waals surface area contributed by atoms with Gasteiger partial charge in [-0.15, -0.1) is 8.80 Å². The second kappa shape index (κ2) is 19.9. The molecule has 0 spiro atoms. The van der Waals surface area contributed by atoms with E-state index in [1.54, 1.807) is 41.3 Å². The number of ether oxygens (including phenoxy) is 3. The topological polar surface area (TPSA) is 280 Å². The van der Waals surface area contributed by atoms with Gasteiger partial charge in [-0.3, -0.25) is 23.7 Å². The Hall–Kier alpha value is -4.88. The van der Waals surface area contributed by atoms with Crippen LogP contribution in [0.5, 0.6) is 0 Å². The number of nitrogens with zero attached hydrogens (tertiary/aromatic N) is 6. The van der Waals surface area contributed by atoms with Crippen LogP contribution in [0.2, 0.25) is 0 Å². The molecule has 3 aliphatic rings. The average Bonchev–Trinajstić information content (AvgIpc) is 3.69. The zero-order valence-electron chi connectivity index (χ0n) is 33.3. The molecule has 0 bridgehead atoms. The van der Waals surface area contributed by atoms with E-state index in [1.165, 1.54) is 17.0 Å². The van der Waals surface area contributed by atoms with Crippen molar-refractivity contribution in [2.24, 2.45) is 20.3 Å². The normalized spacial score (nSPS) is 20.0. The van der Waals surface area contributed by atoms with Crippen molar-refractivity contribution < 1.29 is 58.0 Å². The Balaban J connectivity index is 0.000000273. The fourth-order valence-corrected chi connectivity index (χ4v) is 7.31. The van der Waals surface area contributed by atoms with E-state index >= 15 is 0 Å². The van der Waals surface area contributed by atoms with Gasteiger partial charge >= 0.3 is 18.2 Å². The summed E-state index contributed by atoms with van der Waals surface area (Å²) in [6, 6.07) is 12.7. The summed E-state index contributed by atoms with van der Waals surface area (Å²) >= 11 is 0. The van der Waals surface area contributed by atoms with Crippen molar-refractivity contribution in [1.29, 1.82) is 0 Å². The lowest BCUT2D eigenvalue weighted by atomic mass is 10.2. The van der Waals surface area contributed by atoms with Crippen LogP contribution in [0.4, 0.5) is 21.0 Å². The maximum absolute atomic E-state index is 12.4. The number of esters is 1. The summed E-state index contributed by atoms with van der Waals surface area (Å²) in [6.07, 6.45) is 1.05. The molecule has 3 heterocycles. The van der Waals surface area contributed by atoms with Crippen LogP contribution in [0.15, 0.2) is 57.3 Å². The molecule has 0 saturated carbocycles. The van der Waals surface area contributed by atoms with Gasteiger partial charge < -0.3 is 30.6 Å². The Morgan fingerprint density at radius 3 is 1.58 bits per heavy atom. The summed E-state index contributed by atoms with van der Waals surface area (Å²) in [5, 5.41) is 0. The second-order valence-corrected chi connectivity index (χ2v) is 19.1. The monoisotopic (exact) mass is 886 g/mol. The van der Waals surface area contributed by atoms with E-state index in [0.29, 0.717) is 48.6 Å². The number of anilines is 2. The summed E-state index contributed by atoms with van der Waals surface area (Å²) in [7, 11) is -10.8. The predicted molar refractivity (Wildman–Crippen MR) is 219 cm³/mol. The van der Waals surface area contributed by atoms with Crippen LogP contribution < -0.4 is 21.3 Å². The number of carbonyl (C=O) groups is 3. The molecule has 0 radical (unpaired) electrons. The molecule has 2 unspecified atom stereocenters. The van der Waals surface area contributed by atoms with Crippen LogP contribution in [0.3, 0.4) is 0 Å². The van der Waals surface area contributed by atoms with Gasteiger partial charge in [0, 0.05) is 61.8 Å². The number of piperazine rings is 1. The van der Waals surface area contributed by atoms with Crippen molar-refractivity contribution in [3.63, 3.8) is 0 Å². The Bertz CT molecular complexity index is 2210. The highest BCUT2D eigenvalue weighted by Gasteiger charge is 2.35. The zero-order chi connectivity index (χ0) is 43.7. The lowest BCUT2D eigenvalue weighted by Crippen LogP contribution is -2.49. The minimum Gasteiger partial charge on any atom is -0.463 e. The first-order valence-corrected chi connectivity index (χ1v) is 23.7. The average molecular weight is 887 g/mol. The molecule has 4 N–H and O–H groups in total. The maximum Gasteiger partial charge on any atom is 0.414 e. The number of amidine groups is 2. The SMILES string of the molecule is CC(C)OC(=O)CCN1CCN(CC2CN(c3ccc(C(N)=NS(C)(=O)=O)cc3)C(=O)O2)CC1.CS(=O)(=O)N=C(N)c1ccc(N2CC(COS(C)(=O)=O)OC2=O)cc1. The van der Waals surface area contributed by atoms with E-state index < -0.39 is 48.5 Å². The van der Waals surface area contributed by atoms with Gasteiger partial charge in [0.1, 0.15) is 30.5 Å². The standard InChI is InChI=1S/C22H33N5O6S.C13H17N3O7S2/c1-16(2)32-20(28)8-9-25-10-12-26(13-11-25)14-19-15-27(22(29)33-19)18-6-4-17(5-7-18)21(23)24-34(3,30)31;1-24(18,19)15-12(14)9-3-5-10(6-4-9)16-7-11(23-13(16)17)8-22-25(2,20)21/h4-7,16,19H,8-15H2,1-3H3,(H2,23,24);3-6,11H,7-8H2,1-2H3,(H2,14,15). The van der Waals surface area contributed by atoms with Crippen molar-refractivity contribution in [3.8, 4) is 0 Å². The maximum atomic E-state index is 12.4. The lowest BCUT2D eigenvalue weighted by molar-refractivity contribution is -0.147. The summed E-state index contributed by atoms with van der Waals surface area (Å²) in [5.74, 6) is -0.446. The molecule has 2 atom stereocenters. The van der Waals surface area contributed by atoms with Crippen LogP contribution in [0.25, 0.3) is 0 Å². The number of carbonyl (C=O) groups excluding carboxylic acids is 3. The predicted octanol–water partition coefficient (Wildman–Crippen LogP) is 0.289. The van der Waals surface area contributed by atoms with Crippen LogP contribution in [-0.4, -0.2) is 161 Å². The van der Waals surface area contributed by atoms with Gasteiger partial charge in [-0.1, -0.05) is 0 Å². The first-order chi connectivity index (χ1) is 27.4. The first-order valence-electron chi connectivity index (χ1n) is 18.2. The van der Waals surface area contributed by atoms with E-state index in [4.69, 9.17) is 25.7 Å². The minimum absolute atomic E-state index is 0.0946. The van der Waals surface area contributed by atoms with Crippen LogP contribution in [-0.2, 0) is 53.4 Å². The number of benzene rings is 2. The van der Waals surface area contributed by atoms with Crippen molar-refractivity contribution in [3.05, 3.63) is 59.7 Å². The molecule has 2 amide bonds. The molecule has 326 valence electrons. The van der Waals surface area contributed by atoms with E-state index in [-0.39, 0.29) is 43.0 Å². The highest BCUT2D eigenvalue weighted by atomic mass is 32.2. The summed E-state index contributed by atoms with van der Waals surface area (Å²) < 4.78 is 94.0. The largest absolute Gasteiger partial charge is 0.463 e. The quantitative estimate of drug-likeness (QED) is 0.0799. The molecular weight excluding hydrogens is 837 g/mol. The third kappa shape index (κ3) is 15.7. The Morgan fingerprint density at radius 1 is 0.729 bits per heavy atom. The van der Waals surface area contributed by atoms with Crippen LogP contribution in [0.1, 0.15) is 31.4 Å². The second-order valence-electron chi connectivity index (χ2n) is 14.2. The van der Waals surface area contributed by atoms with Crippen molar-refractivity contribution >= 4 is 71.4 Å². The van der Waals surface area contributed by atoms with Crippen molar-refractivity contribution in [1.82, 2.24) is 9.80 Å². The molecule has 0 aromatic heterocycles. The molecular formula is C35H50N8O13S3. The molecule has 59 heavy (non-hydrogen) atoms. The van der Waals surface area contributed by atoms with Gasteiger partial charge in [-0.2, -0.15) is 8.42 Å². The number of hydrogen-bond donors (Lipinski definition) is 2. The van der Waals surface area contributed by atoms with Gasteiger partial charge in [0.15, 0.2) is 0 Å². The molecule has 5 rings (SSSR count). The van der Waals surface area contributed by atoms with Crippen LogP contribution in [0, 0.1) is 0 Å². The summed E-state index contributed by atoms with van der Waals surface area (Å²) in [5.41, 5.74) is 13.3. The minimum atomic E-state index is -3.63. The number of amides is 2. The number of cyclic esters (lactones) is 2. The Kier molecular flexibility index (Phi) is 15.8. The van der Waals surface area contributed by atoms with Crippen LogP contribution >= 0.6 is 0 Å². The van der Waals surface area contributed by atoms with E-state index in [9.17, 15) is 39.6 Å². The Labute approximate surface area is 344 Å². The number of rotatable bonds is 15. The molecule has 3 fully saturated rings. The van der Waals surface area contributed by atoms with E-state index in [2.05, 4.69) is 22.8 Å². The zero-order valence-corrected chi connectivity index (χ0v) is 35.7. The summed E-state index contributed by atoms with van der Waals surface area (Å²) in [6.45, 7) is 8.62. The molecule has 3 aliphatic heterocycles. The molecule has 21 nitrogen and oxygen atoms in total.